The molecule has 14 heavy (non-hydrogen) atoms. The zero-order valence-corrected chi connectivity index (χ0v) is 8.58. The Morgan fingerprint density at radius 3 is 2.57 bits per heavy atom. The Labute approximate surface area is 87.6 Å². The minimum atomic E-state index is 0.0469. The van der Waals surface area contributed by atoms with Crippen molar-refractivity contribution in [2.24, 2.45) is 5.92 Å². The molecule has 1 aromatic carbocycles. The van der Waals surface area contributed by atoms with Crippen LogP contribution in [0.4, 0.5) is 5.69 Å². The van der Waals surface area contributed by atoms with Gasteiger partial charge < -0.3 is 0 Å². The van der Waals surface area contributed by atoms with E-state index in [2.05, 4.69) is 5.43 Å². The van der Waals surface area contributed by atoms with E-state index in [1.807, 2.05) is 36.2 Å². The normalized spacial score (nSPS) is 21.1. The van der Waals surface area contributed by atoms with Crippen molar-refractivity contribution < 1.29 is 4.79 Å². The molecule has 2 rings (SSSR count). The second-order valence-electron chi connectivity index (χ2n) is 3.46. The molecular formula is C10H11ClN2O. The molecule has 1 atom stereocenters. The molecule has 3 nitrogen and oxygen atoms in total. The van der Waals surface area contributed by atoms with Crippen molar-refractivity contribution in [2.45, 2.75) is 6.92 Å². The Morgan fingerprint density at radius 1 is 1.43 bits per heavy atom. The third-order valence-corrected chi connectivity index (χ3v) is 2.54. The lowest BCUT2D eigenvalue weighted by Crippen LogP contribution is -2.32. The van der Waals surface area contributed by atoms with Gasteiger partial charge in [0.2, 0.25) is 5.91 Å². The van der Waals surface area contributed by atoms with Crippen molar-refractivity contribution in [2.75, 3.05) is 11.6 Å². The fraction of sp³-hybridized carbons (Fsp3) is 0.300. The summed E-state index contributed by atoms with van der Waals surface area (Å²) in [5, 5.41) is 2.54. The summed E-state index contributed by atoms with van der Waals surface area (Å²) in [6.45, 7) is 2.62. The Kier molecular flexibility index (Phi) is 2.33. The third-order valence-electron chi connectivity index (χ3n) is 2.29. The SMILES string of the molecule is C[C@H]1CN(c2ccc(Cl)cc2)NC1=O. The van der Waals surface area contributed by atoms with E-state index >= 15 is 0 Å². The fourth-order valence-corrected chi connectivity index (χ4v) is 1.56. The second-order valence-corrected chi connectivity index (χ2v) is 3.90. The third kappa shape index (κ3) is 1.68. The molecular weight excluding hydrogens is 200 g/mol. The lowest BCUT2D eigenvalue weighted by Gasteiger charge is -2.17. The number of benzene rings is 1. The molecule has 0 saturated carbocycles. The smallest absolute Gasteiger partial charge is 0.243 e. The van der Waals surface area contributed by atoms with Crippen molar-refractivity contribution in [3.63, 3.8) is 0 Å². The van der Waals surface area contributed by atoms with Crippen LogP contribution >= 0.6 is 11.6 Å². The maximum atomic E-state index is 11.2. The highest BCUT2D eigenvalue weighted by Gasteiger charge is 2.26. The van der Waals surface area contributed by atoms with Crippen LogP contribution in [0, 0.1) is 5.92 Å². The summed E-state index contributed by atoms with van der Waals surface area (Å²) in [5.41, 5.74) is 3.76. The average molecular weight is 211 g/mol. The van der Waals surface area contributed by atoms with Gasteiger partial charge in [0.15, 0.2) is 0 Å². The van der Waals surface area contributed by atoms with E-state index in [4.69, 9.17) is 11.6 Å². The molecule has 1 aromatic rings. The molecule has 1 heterocycles. The minimum absolute atomic E-state index is 0.0469. The van der Waals surface area contributed by atoms with Gasteiger partial charge >= 0.3 is 0 Å². The number of carbonyl (C=O) groups excluding carboxylic acids is 1. The number of anilines is 1. The molecule has 0 aromatic heterocycles. The highest BCUT2D eigenvalue weighted by molar-refractivity contribution is 6.30. The monoisotopic (exact) mass is 210 g/mol. The van der Waals surface area contributed by atoms with E-state index in [0.717, 1.165) is 5.69 Å². The first kappa shape index (κ1) is 9.34. The zero-order chi connectivity index (χ0) is 10.1. The van der Waals surface area contributed by atoms with Crippen LogP contribution in [0.5, 0.6) is 0 Å². The number of hydrogen-bond acceptors (Lipinski definition) is 2. The highest BCUT2D eigenvalue weighted by atomic mass is 35.5. The van der Waals surface area contributed by atoms with Gasteiger partial charge in [0.25, 0.3) is 0 Å². The lowest BCUT2D eigenvalue weighted by atomic mass is 10.2. The van der Waals surface area contributed by atoms with Crippen molar-refractivity contribution in [1.82, 2.24) is 5.43 Å². The van der Waals surface area contributed by atoms with E-state index in [1.165, 1.54) is 0 Å². The summed E-state index contributed by atoms with van der Waals surface area (Å²) in [6.07, 6.45) is 0. The first-order valence-electron chi connectivity index (χ1n) is 4.50. The van der Waals surface area contributed by atoms with Crippen LogP contribution in [0.25, 0.3) is 0 Å². The molecule has 0 radical (unpaired) electrons. The molecule has 1 N–H and O–H groups in total. The number of nitrogens with one attached hydrogen (secondary N) is 1. The standard InChI is InChI=1S/C10H11ClN2O/c1-7-6-13(12-10(7)14)9-4-2-8(11)3-5-9/h2-5,7H,6H2,1H3,(H,12,14)/t7-/m0/s1. The van der Waals surface area contributed by atoms with Crippen LogP contribution in [0.3, 0.4) is 0 Å². The first-order valence-corrected chi connectivity index (χ1v) is 4.88. The van der Waals surface area contributed by atoms with E-state index in [9.17, 15) is 4.79 Å². The summed E-state index contributed by atoms with van der Waals surface area (Å²) < 4.78 is 0. The van der Waals surface area contributed by atoms with Gasteiger partial charge in [-0.15, -0.1) is 0 Å². The van der Waals surface area contributed by atoms with E-state index in [0.29, 0.717) is 11.6 Å². The van der Waals surface area contributed by atoms with Gasteiger partial charge in [-0.25, -0.2) is 0 Å². The van der Waals surface area contributed by atoms with Crippen LogP contribution < -0.4 is 10.4 Å². The van der Waals surface area contributed by atoms with Gasteiger partial charge in [0.1, 0.15) is 0 Å². The Bertz CT molecular complexity index is 350. The van der Waals surface area contributed by atoms with Crippen LogP contribution in [0.15, 0.2) is 24.3 Å². The number of rotatable bonds is 1. The van der Waals surface area contributed by atoms with Gasteiger partial charge in [-0.05, 0) is 24.3 Å². The first-order chi connectivity index (χ1) is 6.66. The van der Waals surface area contributed by atoms with Gasteiger partial charge in [-0.1, -0.05) is 18.5 Å². The quantitative estimate of drug-likeness (QED) is 0.767. The maximum Gasteiger partial charge on any atom is 0.243 e. The largest absolute Gasteiger partial charge is 0.285 e. The summed E-state index contributed by atoms with van der Waals surface area (Å²) in [7, 11) is 0. The number of amides is 1. The number of hydrazine groups is 1. The Balaban J connectivity index is 2.17. The topological polar surface area (TPSA) is 32.3 Å². The highest BCUT2D eigenvalue weighted by Crippen LogP contribution is 2.20. The van der Waals surface area contributed by atoms with Crippen LogP contribution in [0.2, 0.25) is 5.02 Å². The molecule has 0 aliphatic carbocycles. The van der Waals surface area contributed by atoms with E-state index < -0.39 is 0 Å². The van der Waals surface area contributed by atoms with Gasteiger partial charge in [-0.2, -0.15) is 0 Å². The molecule has 74 valence electrons. The Morgan fingerprint density at radius 2 is 2.07 bits per heavy atom. The predicted molar refractivity (Wildman–Crippen MR) is 56.1 cm³/mol. The van der Waals surface area contributed by atoms with Crippen molar-refractivity contribution >= 4 is 23.2 Å². The van der Waals surface area contributed by atoms with E-state index in [1.54, 1.807) is 0 Å². The number of hydrogen-bond donors (Lipinski definition) is 1. The van der Waals surface area contributed by atoms with Crippen molar-refractivity contribution in [3.05, 3.63) is 29.3 Å². The van der Waals surface area contributed by atoms with Crippen LogP contribution in [-0.4, -0.2) is 12.5 Å². The van der Waals surface area contributed by atoms with Gasteiger partial charge in [-0.3, -0.25) is 15.2 Å². The molecule has 0 unspecified atom stereocenters. The van der Waals surface area contributed by atoms with Crippen molar-refractivity contribution in [3.8, 4) is 0 Å². The molecule has 4 heteroatoms. The summed E-state index contributed by atoms with van der Waals surface area (Å²) in [5.74, 6) is 0.116. The molecule has 1 fully saturated rings. The molecule has 1 amide bonds. The second kappa shape index (κ2) is 3.50. The maximum absolute atomic E-state index is 11.2. The lowest BCUT2D eigenvalue weighted by molar-refractivity contribution is -0.121. The molecule has 1 saturated heterocycles. The number of halogens is 1. The number of nitrogens with zero attached hydrogens (tertiary/aromatic N) is 1. The molecule has 0 bridgehead atoms. The minimum Gasteiger partial charge on any atom is -0.285 e. The summed E-state index contributed by atoms with van der Waals surface area (Å²) in [6, 6.07) is 7.40. The zero-order valence-electron chi connectivity index (χ0n) is 7.83. The summed E-state index contributed by atoms with van der Waals surface area (Å²) in [4.78, 5) is 11.2. The fourth-order valence-electron chi connectivity index (χ4n) is 1.44. The van der Waals surface area contributed by atoms with Crippen LogP contribution in [-0.2, 0) is 4.79 Å². The molecule has 0 spiro atoms. The van der Waals surface area contributed by atoms with Gasteiger partial charge in [0, 0.05) is 5.02 Å². The van der Waals surface area contributed by atoms with Crippen LogP contribution in [0.1, 0.15) is 6.92 Å². The average Bonchev–Trinajstić information content (AvgIpc) is 2.48. The molecule has 1 aliphatic rings. The van der Waals surface area contributed by atoms with E-state index in [-0.39, 0.29) is 11.8 Å². The Hall–Kier alpha value is -1.22. The number of carbonyl (C=O) groups is 1. The van der Waals surface area contributed by atoms with Crippen molar-refractivity contribution in [1.29, 1.82) is 0 Å². The van der Waals surface area contributed by atoms with Gasteiger partial charge in [0.05, 0.1) is 18.2 Å². The summed E-state index contributed by atoms with van der Waals surface area (Å²) >= 11 is 5.77. The molecule has 1 aliphatic heterocycles. The predicted octanol–water partition coefficient (Wildman–Crippen LogP) is 1.83.